The lowest BCUT2D eigenvalue weighted by molar-refractivity contribution is -0.386. The summed E-state index contributed by atoms with van der Waals surface area (Å²) in [6.07, 6.45) is 1.57. The van der Waals surface area contributed by atoms with Gasteiger partial charge in [0, 0.05) is 11.6 Å². The molecule has 3 aromatic rings. The lowest BCUT2D eigenvalue weighted by Gasteiger charge is -2.15. The van der Waals surface area contributed by atoms with Crippen LogP contribution in [0.25, 0.3) is 10.9 Å². The number of H-pyrrole nitrogens is 1. The van der Waals surface area contributed by atoms with Gasteiger partial charge in [0.05, 0.1) is 35.3 Å². The van der Waals surface area contributed by atoms with Crippen molar-refractivity contribution in [2.75, 3.05) is 7.11 Å². The molecule has 0 radical (unpaired) electrons. The van der Waals surface area contributed by atoms with E-state index in [0.717, 1.165) is 0 Å². The van der Waals surface area contributed by atoms with E-state index in [9.17, 15) is 19.7 Å². The van der Waals surface area contributed by atoms with E-state index in [-0.39, 0.29) is 34.2 Å². The number of nitro groups is 1. The topological polar surface area (TPSA) is 129 Å². The highest BCUT2D eigenvalue weighted by atomic mass is 16.6. The molecule has 1 atom stereocenters. The second kappa shape index (κ2) is 8.60. The number of benzene rings is 2. The van der Waals surface area contributed by atoms with Crippen LogP contribution in [0.2, 0.25) is 0 Å². The Kier molecular flexibility index (Phi) is 5.95. The second-order valence-electron chi connectivity index (χ2n) is 6.50. The number of nitro benzene ring substituents is 1. The molecule has 0 amide bonds. The smallest absolute Gasteiger partial charge is 0.349 e. The van der Waals surface area contributed by atoms with E-state index in [4.69, 9.17) is 9.47 Å². The number of aromatic amines is 1. The van der Waals surface area contributed by atoms with E-state index in [0.29, 0.717) is 16.6 Å². The minimum absolute atomic E-state index is 0.00900. The number of hydrogen-bond acceptors (Lipinski definition) is 7. The van der Waals surface area contributed by atoms with Gasteiger partial charge >= 0.3 is 11.4 Å². The summed E-state index contributed by atoms with van der Waals surface area (Å²) in [5.41, 5.74) is -0.995. The number of aromatic nitrogens is 2. The first-order valence-electron chi connectivity index (χ1n) is 9.17. The Morgan fingerprint density at radius 2 is 2.03 bits per heavy atom. The van der Waals surface area contributed by atoms with Gasteiger partial charge in [-0.05, 0) is 31.5 Å². The average Bonchev–Trinajstić information content (AvgIpc) is 2.73. The minimum Gasteiger partial charge on any atom is -0.493 e. The van der Waals surface area contributed by atoms with Gasteiger partial charge in [-0.1, -0.05) is 19.1 Å². The summed E-state index contributed by atoms with van der Waals surface area (Å²) >= 11 is 0. The predicted octanol–water partition coefficient (Wildman–Crippen LogP) is 2.67. The maximum absolute atomic E-state index is 12.6. The Morgan fingerprint density at radius 1 is 1.30 bits per heavy atom. The molecule has 1 aromatic heterocycles. The Morgan fingerprint density at radius 3 is 2.70 bits per heavy atom. The maximum atomic E-state index is 12.6. The molecule has 0 saturated heterocycles. The van der Waals surface area contributed by atoms with Crippen LogP contribution in [0.5, 0.6) is 11.5 Å². The molecule has 1 unspecified atom stereocenters. The van der Waals surface area contributed by atoms with Crippen molar-refractivity contribution in [2.24, 2.45) is 5.10 Å². The number of nitrogens with zero attached hydrogens (tertiary/aromatic N) is 3. The number of rotatable bonds is 7. The summed E-state index contributed by atoms with van der Waals surface area (Å²) in [5, 5.41) is 15.8. The molecule has 0 spiro atoms. The lowest BCUT2D eigenvalue weighted by atomic mass is 10.1. The minimum atomic E-state index is -0.729. The number of para-hydroxylation sites is 1. The first-order valence-corrected chi connectivity index (χ1v) is 9.17. The van der Waals surface area contributed by atoms with Gasteiger partial charge in [-0.2, -0.15) is 5.10 Å². The highest BCUT2D eigenvalue weighted by molar-refractivity contribution is 5.83. The van der Waals surface area contributed by atoms with Crippen molar-refractivity contribution in [1.82, 2.24) is 9.66 Å². The third-order valence-corrected chi connectivity index (χ3v) is 4.47. The van der Waals surface area contributed by atoms with Gasteiger partial charge < -0.3 is 14.5 Å². The molecule has 1 N–H and O–H groups in total. The molecule has 0 fully saturated rings. The van der Waals surface area contributed by atoms with Crippen LogP contribution >= 0.6 is 0 Å². The van der Waals surface area contributed by atoms with Crippen LogP contribution in [0.3, 0.4) is 0 Å². The third kappa shape index (κ3) is 4.07. The standard InChI is InChI=1S/C20H20N4O6/c1-4-12(2)30-18-16(24(27)28)9-13(10-17(18)29-3)11-21-23-19(25)14-7-5-6-8-15(14)22-20(23)26/h5-12H,4H2,1-3H3,(H,22,26). The SMILES string of the molecule is CCC(C)Oc1c(OC)cc(C=Nn2c(=O)[nH]c3ccccc3c2=O)cc1[N+](=O)[O-]. The summed E-state index contributed by atoms with van der Waals surface area (Å²) < 4.78 is 11.6. The Bertz CT molecular complexity index is 1240. The molecule has 0 aliphatic heterocycles. The van der Waals surface area contributed by atoms with Crippen LogP contribution in [0.4, 0.5) is 5.69 Å². The monoisotopic (exact) mass is 412 g/mol. The van der Waals surface area contributed by atoms with Crippen LogP contribution in [0.15, 0.2) is 51.1 Å². The van der Waals surface area contributed by atoms with E-state index in [1.54, 1.807) is 31.2 Å². The van der Waals surface area contributed by atoms with E-state index >= 15 is 0 Å². The molecular weight excluding hydrogens is 392 g/mol. The average molecular weight is 412 g/mol. The van der Waals surface area contributed by atoms with Gasteiger partial charge in [-0.15, -0.1) is 4.68 Å². The molecule has 2 aromatic carbocycles. The van der Waals surface area contributed by atoms with Crippen molar-refractivity contribution in [1.29, 1.82) is 0 Å². The summed E-state index contributed by atoms with van der Waals surface area (Å²) in [7, 11) is 1.36. The number of ether oxygens (including phenoxy) is 2. The normalized spacial score (nSPS) is 12.2. The Balaban J connectivity index is 2.09. The summed E-state index contributed by atoms with van der Waals surface area (Å²) in [6, 6.07) is 9.25. The van der Waals surface area contributed by atoms with Gasteiger partial charge in [-0.25, -0.2) is 4.79 Å². The van der Waals surface area contributed by atoms with Gasteiger partial charge in [0.1, 0.15) is 0 Å². The highest BCUT2D eigenvalue weighted by Crippen LogP contribution is 2.38. The first kappa shape index (κ1) is 20.8. The van der Waals surface area contributed by atoms with Crippen LogP contribution in [-0.4, -0.2) is 34.0 Å². The van der Waals surface area contributed by atoms with Gasteiger partial charge in [-0.3, -0.25) is 14.9 Å². The number of nitrogens with one attached hydrogen (secondary N) is 1. The Hall–Kier alpha value is -3.95. The van der Waals surface area contributed by atoms with E-state index in [2.05, 4.69) is 10.1 Å². The predicted molar refractivity (Wildman–Crippen MR) is 112 cm³/mol. The zero-order chi connectivity index (χ0) is 21.8. The lowest BCUT2D eigenvalue weighted by Crippen LogP contribution is -2.32. The van der Waals surface area contributed by atoms with Crippen LogP contribution in [-0.2, 0) is 0 Å². The van der Waals surface area contributed by atoms with Gasteiger partial charge in [0.15, 0.2) is 5.75 Å². The largest absolute Gasteiger partial charge is 0.493 e. The maximum Gasteiger partial charge on any atom is 0.349 e. The van der Waals surface area contributed by atoms with E-state index in [1.807, 2.05) is 6.92 Å². The van der Waals surface area contributed by atoms with Crippen LogP contribution < -0.4 is 20.7 Å². The van der Waals surface area contributed by atoms with Crippen molar-refractivity contribution in [2.45, 2.75) is 26.4 Å². The molecule has 0 bridgehead atoms. The molecule has 1 heterocycles. The molecule has 0 aliphatic carbocycles. The third-order valence-electron chi connectivity index (χ3n) is 4.47. The van der Waals surface area contributed by atoms with Crippen molar-refractivity contribution in [3.8, 4) is 11.5 Å². The summed E-state index contributed by atoms with van der Waals surface area (Å²) in [5.74, 6) is 0.153. The summed E-state index contributed by atoms with van der Waals surface area (Å²) in [4.78, 5) is 38.3. The number of hydrogen-bond donors (Lipinski definition) is 1. The van der Waals surface area contributed by atoms with Crippen molar-refractivity contribution < 1.29 is 14.4 Å². The first-order chi connectivity index (χ1) is 14.3. The molecule has 3 rings (SSSR count). The zero-order valence-electron chi connectivity index (χ0n) is 16.6. The molecule has 156 valence electrons. The Labute approximate surface area is 170 Å². The fourth-order valence-corrected chi connectivity index (χ4v) is 2.76. The van der Waals surface area contributed by atoms with Gasteiger partial charge in [0.25, 0.3) is 5.56 Å². The molecule has 30 heavy (non-hydrogen) atoms. The quantitative estimate of drug-likeness (QED) is 0.361. The second-order valence-corrected chi connectivity index (χ2v) is 6.50. The van der Waals surface area contributed by atoms with Crippen molar-refractivity contribution in [3.63, 3.8) is 0 Å². The van der Waals surface area contributed by atoms with Gasteiger partial charge in [0.2, 0.25) is 5.75 Å². The van der Waals surface area contributed by atoms with Crippen LogP contribution in [0, 0.1) is 10.1 Å². The molecule has 0 aliphatic rings. The molecule has 0 saturated carbocycles. The van der Waals surface area contributed by atoms with E-state index < -0.39 is 16.2 Å². The fourth-order valence-electron chi connectivity index (χ4n) is 2.76. The fraction of sp³-hybridized carbons (Fsp3) is 0.250. The van der Waals surface area contributed by atoms with E-state index in [1.165, 1.54) is 25.5 Å². The zero-order valence-corrected chi connectivity index (χ0v) is 16.6. The van der Waals surface area contributed by atoms with Crippen molar-refractivity contribution in [3.05, 3.63) is 72.9 Å². The molecular formula is C20H20N4O6. The molecule has 10 nitrogen and oxygen atoms in total. The number of fused-ring (bicyclic) bond motifs is 1. The van der Waals surface area contributed by atoms with Crippen LogP contribution in [0.1, 0.15) is 25.8 Å². The highest BCUT2D eigenvalue weighted by Gasteiger charge is 2.23. The van der Waals surface area contributed by atoms with Crippen molar-refractivity contribution >= 4 is 22.8 Å². The number of methoxy groups -OCH3 is 1. The summed E-state index contributed by atoms with van der Waals surface area (Å²) in [6.45, 7) is 3.68. The molecule has 10 heteroatoms.